The topological polar surface area (TPSA) is 80.0 Å². The van der Waals surface area contributed by atoms with Gasteiger partial charge in [-0.2, -0.15) is 0 Å². The number of hydrogen-bond donors (Lipinski definition) is 1. The predicted octanol–water partition coefficient (Wildman–Crippen LogP) is 2.59. The van der Waals surface area contributed by atoms with Crippen molar-refractivity contribution in [1.29, 1.82) is 0 Å². The van der Waals surface area contributed by atoms with Crippen LogP contribution in [0.5, 0.6) is 11.5 Å². The van der Waals surface area contributed by atoms with E-state index in [1.54, 1.807) is 14.2 Å². The molecule has 4 rings (SSSR count). The van der Waals surface area contributed by atoms with Crippen LogP contribution in [-0.2, 0) is 16.7 Å². The van der Waals surface area contributed by atoms with Crippen molar-refractivity contribution in [1.82, 2.24) is 0 Å². The third-order valence-corrected chi connectivity index (χ3v) is 8.72. The molecule has 0 saturated carbocycles. The number of aromatic nitrogens is 1. The van der Waals surface area contributed by atoms with E-state index in [0.29, 0.717) is 13.0 Å². The molecule has 33 heavy (non-hydrogen) atoms. The van der Waals surface area contributed by atoms with Crippen LogP contribution >= 0.6 is 0 Å². The first-order valence-corrected chi connectivity index (χ1v) is 14.0. The molecule has 0 saturated heterocycles. The molecule has 2 heterocycles. The van der Waals surface area contributed by atoms with Crippen LogP contribution < -0.4 is 23.4 Å². The van der Waals surface area contributed by atoms with Crippen molar-refractivity contribution in [2.45, 2.75) is 19.9 Å². The van der Waals surface area contributed by atoms with Crippen LogP contribution in [0.2, 0.25) is 0 Å². The number of nitrogens with zero attached hydrogens (tertiary/aromatic N) is 2. The maximum atomic E-state index is 11.3. The molecule has 0 radical (unpaired) electrons. The van der Waals surface area contributed by atoms with Gasteiger partial charge in [0, 0.05) is 0 Å². The number of aryl methyl sites for hydroxylation is 1. The van der Waals surface area contributed by atoms with Gasteiger partial charge >= 0.3 is 201 Å². The van der Waals surface area contributed by atoms with Gasteiger partial charge in [0.2, 0.25) is 0 Å². The summed E-state index contributed by atoms with van der Waals surface area (Å²) in [5.41, 5.74) is 3.23. The summed E-state index contributed by atoms with van der Waals surface area (Å²) < 4.78 is 47.1. The summed E-state index contributed by atoms with van der Waals surface area (Å²) >= 11 is 0.0557. The van der Waals surface area contributed by atoms with E-state index in [1.165, 1.54) is 4.46 Å². The van der Waals surface area contributed by atoms with E-state index in [1.807, 2.05) is 24.3 Å². The molecule has 1 aromatic heterocycles. The van der Waals surface area contributed by atoms with Gasteiger partial charge in [0.25, 0.3) is 0 Å². The molecule has 2 aromatic carbocycles. The van der Waals surface area contributed by atoms with Gasteiger partial charge in [-0.25, -0.2) is 0 Å². The molecule has 1 aliphatic rings. The van der Waals surface area contributed by atoms with Gasteiger partial charge in [-0.05, 0) is 0 Å². The predicted molar refractivity (Wildman–Crippen MR) is 131 cm³/mol. The third-order valence-electron chi connectivity index (χ3n) is 5.58. The summed E-state index contributed by atoms with van der Waals surface area (Å²) in [7, 11) is -0.703. The SMILES string of the molecule is CC[n+]1c(C=C2[Se]c3ccc(OC)cc3N2CCCS(=O)(=O)O)ccc2cc(OC)ccc21. The van der Waals surface area contributed by atoms with Gasteiger partial charge in [0.15, 0.2) is 0 Å². The molecule has 1 N–H and O–H groups in total. The van der Waals surface area contributed by atoms with Crippen molar-refractivity contribution in [2.24, 2.45) is 0 Å². The summed E-state index contributed by atoms with van der Waals surface area (Å²) in [5.74, 6) is 1.31. The Labute approximate surface area is 200 Å². The van der Waals surface area contributed by atoms with Crippen LogP contribution in [0.15, 0.2) is 53.1 Å². The molecule has 0 bridgehead atoms. The Hall–Kier alpha value is -2.58. The molecule has 0 aliphatic carbocycles. The third kappa shape index (κ3) is 5.17. The van der Waals surface area contributed by atoms with Gasteiger partial charge < -0.3 is 0 Å². The second kappa shape index (κ2) is 9.73. The molecule has 0 amide bonds. The molecule has 1 aliphatic heterocycles. The van der Waals surface area contributed by atoms with Gasteiger partial charge in [0.1, 0.15) is 0 Å². The number of fused-ring (bicyclic) bond motifs is 2. The fourth-order valence-corrected chi connectivity index (χ4v) is 6.83. The molecule has 0 atom stereocenters. The first-order valence-electron chi connectivity index (χ1n) is 10.6. The van der Waals surface area contributed by atoms with Gasteiger partial charge in [-0.3, -0.25) is 0 Å². The molecule has 3 aromatic rings. The summed E-state index contributed by atoms with van der Waals surface area (Å²) in [6.45, 7) is 3.42. The second-order valence-electron chi connectivity index (χ2n) is 7.64. The molecule has 7 nitrogen and oxygen atoms in total. The number of ether oxygens (including phenoxy) is 2. The Kier molecular flexibility index (Phi) is 6.95. The fraction of sp³-hybridized carbons (Fsp3) is 0.292. The first kappa shape index (κ1) is 23.6. The van der Waals surface area contributed by atoms with Crippen LogP contribution in [0.4, 0.5) is 5.69 Å². The molecule has 0 spiro atoms. The van der Waals surface area contributed by atoms with Crippen molar-refractivity contribution in [3.8, 4) is 11.5 Å². The monoisotopic (exact) mass is 535 g/mol. The molecular formula is C24H27N2O5SSe+. The van der Waals surface area contributed by atoms with E-state index < -0.39 is 10.1 Å². The van der Waals surface area contributed by atoms with Crippen molar-refractivity contribution in [3.05, 3.63) is 58.8 Å². The van der Waals surface area contributed by atoms with Crippen LogP contribution in [-0.4, -0.2) is 54.4 Å². The van der Waals surface area contributed by atoms with E-state index in [4.69, 9.17) is 9.47 Å². The van der Waals surface area contributed by atoms with Crippen molar-refractivity contribution >= 4 is 52.2 Å². The fourth-order valence-electron chi connectivity index (χ4n) is 4.00. The zero-order chi connectivity index (χ0) is 23.6. The number of methoxy groups -OCH3 is 2. The van der Waals surface area contributed by atoms with Crippen LogP contribution in [0, 0.1) is 0 Å². The molecule has 174 valence electrons. The van der Waals surface area contributed by atoms with E-state index in [-0.39, 0.29) is 20.7 Å². The number of pyridine rings is 1. The zero-order valence-corrected chi connectivity index (χ0v) is 21.3. The molecule has 0 unspecified atom stereocenters. The van der Waals surface area contributed by atoms with Crippen molar-refractivity contribution < 1.29 is 27.0 Å². The summed E-state index contributed by atoms with van der Waals surface area (Å²) in [4.78, 5) is 2.15. The van der Waals surface area contributed by atoms with E-state index in [2.05, 4.69) is 46.7 Å². The Morgan fingerprint density at radius 2 is 1.79 bits per heavy atom. The molecule has 9 heteroatoms. The Balaban J connectivity index is 1.75. The maximum absolute atomic E-state index is 11.3. The van der Waals surface area contributed by atoms with Crippen LogP contribution in [0.3, 0.4) is 0 Å². The average molecular weight is 535 g/mol. The summed E-state index contributed by atoms with van der Waals surface area (Å²) in [5, 5.41) is 1.10. The van der Waals surface area contributed by atoms with Gasteiger partial charge in [0.05, 0.1) is 0 Å². The average Bonchev–Trinajstić information content (AvgIpc) is 3.13. The first-order chi connectivity index (χ1) is 15.8. The van der Waals surface area contributed by atoms with Gasteiger partial charge in [-0.15, -0.1) is 0 Å². The zero-order valence-electron chi connectivity index (χ0n) is 18.8. The minimum absolute atomic E-state index is 0.0557. The Morgan fingerprint density at radius 1 is 1.06 bits per heavy atom. The van der Waals surface area contributed by atoms with Crippen LogP contribution in [0.25, 0.3) is 17.0 Å². The van der Waals surface area contributed by atoms with Gasteiger partial charge in [-0.1, -0.05) is 0 Å². The molecular weight excluding hydrogens is 507 g/mol. The standard InChI is InChI=1S/C24H26N2O5SSe/c1-4-25-18(7-6-17-14-19(30-2)8-10-21(17)25)15-24-26(12-5-13-32(27,28)29)22-16-20(31-3)9-11-23(22)33-24/h6-11,14-16H,4-5,12-13H2,1-3H3/p+1. The van der Waals surface area contributed by atoms with E-state index in [0.717, 1.165) is 44.9 Å². The normalized spacial score (nSPS) is 14.7. The minimum atomic E-state index is -4.00. The van der Waals surface area contributed by atoms with Crippen molar-refractivity contribution in [2.75, 3.05) is 31.4 Å². The number of benzene rings is 2. The van der Waals surface area contributed by atoms with E-state index >= 15 is 0 Å². The van der Waals surface area contributed by atoms with Crippen LogP contribution in [0.1, 0.15) is 19.0 Å². The quantitative estimate of drug-likeness (QED) is 0.272. The number of hydrogen-bond acceptors (Lipinski definition) is 5. The van der Waals surface area contributed by atoms with Crippen molar-refractivity contribution in [3.63, 3.8) is 0 Å². The van der Waals surface area contributed by atoms with E-state index in [9.17, 15) is 13.0 Å². The number of rotatable bonds is 8. The Bertz CT molecular complexity index is 1320. The number of anilines is 1. The molecule has 0 fully saturated rings. The Morgan fingerprint density at radius 3 is 2.48 bits per heavy atom. The summed E-state index contributed by atoms with van der Waals surface area (Å²) in [6.07, 6.45) is 2.52. The second-order valence-corrected chi connectivity index (χ2v) is 11.4. The summed E-state index contributed by atoms with van der Waals surface area (Å²) in [6, 6.07) is 16.3.